The van der Waals surface area contributed by atoms with E-state index in [9.17, 15) is 14.7 Å². The number of piperidine rings is 1. The minimum Gasteiger partial charge on any atom is -0.508 e. The summed E-state index contributed by atoms with van der Waals surface area (Å²) in [7, 11) is 1.41. The van der Waals surface area contributed by atoms with Gasteiger partial charge in [0.2, 0.25) is 5.91 Å². The number of hydrogen-bond donors (Lipinski definition) is 1. The van der Waals surface area contributed by atoms with Crippen molar-refractivity contribution < 1.29 is 19.4 Å². The molecule has 0 radical (unpaired) electrons. The Kier molecular flexibility index (Phi) is 6.00. The van der Waals surface area contributed by atoms with Gasteiger partial charge in [-0.3, -0.25) is 14.5 Å². The second kappa shape index (κ2) is 9.11. The minimum atomic E-state index is -0.537. The normalized spacial score (nSPS) is 20.2. The van der Waals surface area contributed by atoms with Crippen molar-refractivity contribution in [2.24, 2.45) is 5.92 Å². The first-order chi connectivity index (χ1) is 16.5. The van der Waals surface area contributed by atoms with Crippen LogP contribution in [0.15, 0.2) is 66.7 Å². The molecule has 0 aromatic heterocycles. The number of ether oxygens (including phenoxy) is 1. The first-order valence-corrected chi connectivity index (χ1v) is 11.8. The van der Waals surface area contributed by atoms with Crippen LogP contribution in [0.3, 0.4) is 0 Å². The van der Waals surface area contributed by atoms with Crippen LogP contribution in [0.4, 0.5) is 0 Å². The number of likely N-dealkylation sites (tertiary alicyclic amines) is 2. The summed E-state index contributed by atoms with van der Waals surface area (Å²) in [5.41, 5.74) is 1.58. The second-order valence-electron chi connectivity index (χ2n) is 9.49. The van der Waals surface area contributed by atoms with Crippen LogP contribution in [0.2, 0.25) is 0 Å². The Morgan fingerprint density at radius 3 is 2.44 bits per heavy atom. The van der Waals surface area contributed by atoms with Crippen LogP contribution in [-0.2, 0) is 27.4 Å². The first kappa shape index (κ1) is 22.4. The van der Waals surface area contributed by atoms with Gasteiger partial charge in [0.15, 0.2) is 0 Å². The highest BCUT2D eigenvalue weighted by atomic mass is 16.5. The summed E-state index contributed by atoms with van der Waals surface area (Å²) >= 11 is 0. The van der Waals surface area contributed by atoms with Crippen LogP contribution >= 0.6 is 0 Å². The van der Waals surface area contributed by atoms with E-state index in [-0.39, 0.29) is 24.0 Å². The molecule has 0 aliphatic carbocycles. The van der Waals surface area contributed by atoms with E-state index in [4.69, 9.17) is 4.74 Å². The van der Waals surface area contributed by atoms with E-state index in [0.29, 0.717) is 19.4 Å². The Morgan fingerprint density at radius 2 is 1.71 bits per heavy atom. The van der Waals surface area contributed by atoms with Crippen molar-refractivity contribution in [2.75, 3.05) is 20.2 Å². The Labute approximate surface area is 199 Å². The van der Waals surface area contributed by atoms with Crippen molar-refractivity contribution in [1.29, 1.82) is 0 Å². The summed E-state index contributed by atoms with van der Waals surface area (Å²) < 4.78 is 5.14. The third kappa shape index (κ3) is 4.14. The number of carbonyl (C=O) groups is 2. The standard InChI is InChI=1S/C28H30N2O4/c1-34-27(33)25-17-26(32)30(19-21-9-10-22-6-2-3-7-23(22)15-21)28(25)11-13-29(14-12-28)18-20-5-4-8-24(31)16-20/h2-10,15-16,25,31H,11-14,17-19H2,1H3. The van der Waals surface area contributed by atoms with Gasteiger partial charge >= 0.3 is 5.97 Å². The van der Waals surface area contributed by atoms with Gasteiger partial charge in [0, 0.05) is 32.6 Å². The molecule has 1 unspecified atom stereocenters. The zero-order valence-electron chi connectivity index (χ0n) is 19.4. The molecule has 2 fully saturated rings. The third-order valence-electron chi connectivity index (χ3n) is 7.54. The van der Waals surface area contributed by atoms with E-state index in [0.717, 1.165) is 36.1 Å². The Balaban J connectivity index is 1.39. The Bertz CT molecular complexity index is 1220. The van der Waals surface area contributed by atoms with Gasteiger partial charge in [0.1, 0.15) is 5.75 Å². The van der Waals surface area contributed by atoms with E-state index >= 15 is 0 Å². The highest BCUT2D eigenvalue weighted by molar-refractivity contribution is 5.89. The Morgan fingerprint density at radius 1 is 0.971 bits per heavy atom. The zero-order valence-corrected chi connectivity index (χ0v) is 19.4. The van der Waals surface area contributed by atoms with Crippen molar-refractivity contribution >= 4 is 22.6 Å². The number of phenolic OH excluding ortho intramolecular Hbond substituents is 1. The molecular formula is C28H30N2O4. The van der Waals surface area contributed by atoms with E-state index in [1.165, 1.54) is 12.5 Å². The fraction of sp³-hybridized carbons (Fsp3) is 0.357. The quantitative estimate of drug-likeness (QED) is 0.583. The number of phenols is 1. The number of nitrogens with zero attached hydrogens (tertiary/aromatic N) is 2. The summed E-state index contributed by atoms with van der Waals surface area (Å²) in [5, 5.41) is 12.1. The van der Waals surface area contributed by atoms with Gasteiger partial charge in [-0.25, -0.2) is 0 Å². The number of methoxy groups -OCH3 is 1. The maximum Gasteiger partial charge on any atom is 0.311 e. The molecular weight excluding hydrogens is 428 g/mol. The molecule has 6 heteroatoms. The molecule has 1 spiro atoms. The lowest BCUT2D eigenvalue weighted by atomic mass is 9.76. The first-order valence-electron chi connectivity index (χ1n) is 11.8. The largest absolute Gasteiger partial charge is 0.508 e. The van der Waals surface area contributed by atoms with Gasteiger partial charge in [-0.15, -0.1) is 0 Å². The molecule has 6 nitrogen and oxygen atoms in total. The number of esters is 1. The summed E-state index contributed by atoms with van der Waals surface area (Å²) in [6.45, 7) is 2.75. The molecule has 3 aromatic rings. The van der Waals surface area contributed by atoms with Crippen molar-refractivity contribution in [3.8, 4) is 5.75 Å². The van der Waals surface area contributed by atoms with Gasteiger partial charge in [-0.1, -0.05) is 48.5 Å². The van der Waals surface area contributed by atoms with Crippen LogP contribution in [0.1, 0.15) is 30.4 Å². The van der Waals surface area contributed by atoms with Crippen LogP contribution in [0.5, 0.6) is 5.75 Å². The molecule has 2 heterocycles. The molecule has 1 N–H and O–H groups in total. The minimum absolute atomic E-state index is 0.0185. The van der Waals surface area contributed by atoms with Gasteiger partial charge in [-0.2, -0.15) is 0 Å². The molecule has 3 aromatic carbocycles. The van der Waals surface area contributed by atoms with E-state index in [2.05, 4.69) is 35.2 Å². The van der Waals surface area contributed by atoms with Crippen LogP contribution in [0.25, 0.3) is 10.8 Å². The molecule has 34 heavy (non-hydrogen) atoms. The number of benzene rings is 3. The van der Waals surface area contributed by atoms with Crippen molar-refractivity contribution in [3.05, 3.63) is 77.9 Å². The number of aromatic hydroxyl groups is 1. The number of fused-ring (bicyclic) bond motifs is 1. The topological polar surface area (TPSA) is 70.1 Å². The van der Waals surface area contributed by atoms with E-state index in [1.54, 1.807) is 12.1 Å². The number of hydrogen-bond acceptors (Lipinski definition) is 5. The molecule has 2 saturated heterocycles. The monoisotopic (exact) mass is 458 g/mol. The summed E-state index contributed by atoms with van der Waals surface area (Å²) in [6, 6.07) is 21.8. The Hall–Kier alpha value is -3.38. The fourth-order valence-corrected chi connectivity index (χ4v) is 5.75. The van der Waals surface area contributed by atoms with Gasteiger partial charge in [0.05, 0.1) is 18.6 Å². The molecule has 0 bridgehead atoms. The lowest BCUT2D eigenvalue weighted by Gasteiger charge is -2.47. The molecule has 176 valence electrons. The van der Waals surface area contributed by atoms with E-state index in [1.807, 2.05) is 29.2 Å². The maximum absolute atomic E-state index is 13.2. The van der Waals surface area contributed by atoms with Crippen LogP contribution in [-0.4, -0.2) is 52.5 Å². The fourth-order valence-electron chi connectivity index (χ4n) is 5.75. The summed E-state index contributed by atoms with van der Waals surface area (Å²) in [6.07, 6.45) is 1.63. The predicted molar refractivity (Wildman–Crippen MR) is 130 cm³/mol. The predicted octanol–water partition coefficient (Wildman–Crippen LogP) is 4.10. The average molecular weight is 459 g/mol. The molecule has 2 aliphatic rings. The smallest absolute Gasteiger partial charge is 0.311 e. The van der Waals surface area contributed by atoms with Crippen LogP contribution in [0, 0.1) is 5.92 Å². The van der Waals surface area contributed by atoms with Crippen LogP contribution < -0.4 is 0 Å². The molecule has 0 saturated carbocycles. The van der Waals surface area contributed by atoms with Crippen molar-refractivity contribution in [2.45, 2.75) is 37.9 Å². The van der Waals surface area contributed by atoms with Gasteiger partial charge in [0.25, 0.3) is 0 Å². The number of carbonyl (C=O) groups excluding carboxylic acids is 2. The maximum atomic E-state index is 13.2. The lowest BCUT2D eigenvalue weighted by Crippen LogP contribution is -2.57. The SMILES string of the molecule is COC(=O)C1CC(=O)N(Cc2ccc3ccccc3c2)C12CCN(Cc1cccc(O)c1)CC2. The second-order valence-corrected chi connectivity index (χ2v) is 9.49. The summed E-state index contributed by atoms with van der Waals surface area (Å²) in [4.78, 5) is 30.3. The highest BCUT2D eigenvalue weighted by Crippen LogP contribution is 2.45. The van der Waals surface area contributed by atoms with Crippen molar-refractivity contribution in [3.63, 3.8) is 0 Å². The lowest BCUT2D eigenvalue weighted by molar-refractivity contribution is -0.150. The highest BCUT2D eigenvalue weighted by Gasteiger charge is 2.56. The third-order valence-corrected chi connectivity index (χ3v) is 7.54. The molecule has 5 rings (SSSR count). The molecule has 2 aliphatic heterocycles. The number of rotatable bonds is 5. The summed E-state index contributed by atoms with van der Waals surface area (Å²) in [5.74, 6) is -0.464. The van der Waals surface area contributed by atoms with E-state index < -0.39 is 11.5 Å². The molecule has 1 amide bonds. The van der Waals surface area contributed by atoms with Crippen molar-refractivity contribution in [1.82, 2.24) is 9.80 Å². The van der Waals surface area contributed by atoms with Gasteiger partial charge < -0.3 is 14.7 Å². The average Bonchev–Trinajstić information content (AvgIpc) is 3.11. The van der Waals surface area contributed by atoms with Gasteiger partial charge in [-0.05, 0) is 52.9 Å². The zero-order chi connectivity index (χ0) is 23.7. The number of amides is 1. The molecule has 1 atom stereocenters.